The molecule has 0 fully saturated rings. The van der Waals surface area contributed by atoms with Crippen LogP contribution in [0.1, 0.15) is 46.1 Å². The fourth-order valence-corrected chi connectivity index (χ4v) is 3.21. The number of rotatable bonds is 11. The molecule has 8 heteroatoms. The predicted molar refractivity (Wildman–Crippen MR) is 89.9 cm³/mol. The van der Waals surface area contributed by atoms with Gasteiger partial charge in [-0.2, -0.15) is 0 Å². The lowest BCUT2D eigenvalue weighted by Gasteiger charge is -2.23. The summed E-state index contributed by atoms with van der Waals surface area (Å²) in [5, 5.41) is 0. The summed E-state index contributed by atoms with van der Waals surface area (Å²) in [4.78, 5) is 0. The lowest BCUT2D eigenvalue weighted by molar-refractivity contribution is -0.275. The minimum Gasteiger partial charge on any atom is -0.379 e. The summed E-state index contributed by atoms with van der Waals surface area (Å²) in [5.41, 5.74) is -0.150. The van der Waals surface area contributed by atoms with Crippen molar-refractivity contribution in [3.8, 4) is 0 Å². The monoisotopic (exact) mass is 382 g/mol. The first kappa shape index (κ1) is 22.1. The molecular formula is C17H26F4O3Si. The van der Waals surface area contributed by atoms with Gasteiger partial charge in [-0.1, -0.05) is 6.42 Å². The summed E-state index contributed by atoms with van der Waals surface area (Å²) < 4.78 is 69.4. The summed E-state index contributed by atoms with van der Waals surface area (Å²) >= 11 is 0. The molecule has 0 spiro atoms. The van der Waals surface area contributed by atoms with Gasteiger partial charge in [-0.15, -0.1) is 0 Å². The quantitative estimate of drug-likeness (QED) is 0.143. The van der Waals surface area contributed by atoms with Gasteiger partial charge in [0.1, 0.15) is 0 Å². The molecule has 0 heterocycles. The van der Waals surface area contributed by atoms with Crippen molar-refractivity contribution < 1.29 is 31.5 Å². The van der Waals surface area contributed by atoms with Gasteiger partial charge in [-0.25, -0.2) is 17.6 Å². The van der Waals surface area contributed by atoms with Crippen molar-refractivity contribution in [1.82, 2.24) is 0 Å². The standard InChI is InChI=1S/C17H26F4O3Si/c1-10(2)22-17(23-11(3)4)24-25-8-6-5-7-12-9-13(18)15(20)16(21)14(12)19/h9-11,17H,5-8,25H2,1-4H3. The van der Waals surface area contributed by atoms with E-state index in [0.29, 0.717) is 18.9 Å². The van der Waals surface area contributed by atoms with Crippen LogP contribution in [-0.2, 0) is 20.3 Å². The molecule has 0 amide bonds. The van der Waals surface area contributed by atoms with Crippen LogP contribution < -0.4 is 0 Å². The van der Waals surface area contributed by atoms with Crippen molar-refractivity contribution in [3.05, 3.63) is 34.9 Å². The third-order valence-electron chi connectivity index (χ3n) is 3.29. The summed E-state index contributed by atoms with van der Waals surface area (Å²) in [6.07, 6.45) is 1.33. The normalized spacial score (nSPS) is 12.4. The Hall–Kier alpha value is -0.963. The largest absolute Gasteiger partial charge is 0.379 e. The minimum absolute atomic E-state index is 0.0241. The van der Waals surface area contributed by atoms with E-state index in [9.17, 15) is 17.6 Å². The van der Waals surface area contributed by atoms with Crippen LogP contribution in [0.2, 0.25) is 6.04 Å². The Morgan fingerprint density at radius 3 is 2.04 bits per heavy atom. The highest BCUT2D eigenvalue weighted by molar-refractivity contribution is 6.27. The van der Waals surface area contributed by atoms with Gasteiger partial charge in [0.2, 0.25) is 0 Å². The molecule has 0 aliphatic heterocycles. The number of benzene rings is 1. The predicted octanol–water partition coefficient (Wildman–Crippen LogP) is 4.22. The van der Waals surface area contributed by atoms with E-state index in [1.165, 1.54) is 0 Å². The topological polar surface area (TPSA) is 27.7 Å². The summed E-state index contributed by atoms with van der Waals surface area (Å²) in [5.74, 6) is -6.22. The van der Waals surface area contributed by atoms with Crippen LogP contribution in [0.25, 0.3) is 0 Å². The second-order valence-corrected chi connectivity index (χ2v) is 7.75. The number of hydrogen-bond acceptors (Lipinski definition) is 3. The summed E-state index contributed by atoms with van der Waals surface area (Å²) in [6.45, 7) is 6.85. The second-order valence-electron chi connectivity index (χ2n) is 6.30. The van der Waals surface area contributed by atoms with E-state index < -0.39 is 39.5 Å². The first-order valence-electron chi connectivity index (χ1n) is 8.46. The van der Waals surface area contributed by atoms with Crippen LogP contribution in [0.4, 0.5) is 17.6 Å². The van der Waals surface area contributed by atoms with Crippen LogP contribution in [0.5, 0.6) is 0 Å². The maximum Gasteiger partial charge on any atom is 0.262 e. The molecule has 0 bridgehead atoms. The van der Waals surface area contributed by atoms with Crippen LogP contribution in [-0.4, -0.2) is 28.4 Å². The highest BCUT2D eigenvalue weighted by atomic mass is 28.2. The molecule has 1 aromatic rings. The molecule has 0 radical (unpaired) electrons. The van der Waals surface area contributed by atoms with Crippen molar-refractivity contribution in [3.63, 3.8) is 0 Å². The highest BCUT2D eigenvalue weighted by Gasteiger charge is 2.18. The molecule has 144 valence electrons. The average molecular weight is 382 g/mol. The van der Waals surface area contributed by atoms with Gasteiger partial charge < -0.3 is 13.9 Å². The van der Waals surface area contributed by atoms with Crippen LogP contribution >= 0.6 is 0 Å². The van der Waals surface area contributed by atoms with Gasteiger partial charge in [0.25, 0.3) is 6.48 Å². The van der Waals surface area contributed by atoms with Crippen LogP contribution in [0.15, 0.2) is 6.07 Å². The molecule has 0 N–H and O–H groups in total. The Bertz CT molecular complexity index is 531. The van der Waals surface area contributed by atoms with Crippen molar-refractivity contribution in [1.29, 1.82) is 0 Å². The molecule has 1 rings (SSSR count). The molecule has 0 saturated heterocycles. The lowest BCUT2D eigenvalue weighted by atomic mass is 10.1. The van der Waals surface area contributed by atoms with Crippen molar-refractivity contribution >= 4 is 9.76 Å². The van der Waals surface area contributed by atoms with E-state index in [1.54, 1.807) is 0 Å². The second kappa shape index (κ2) is 10.9. The number of ether oxygens (including phenoxy) is 2. The third kappa shape index (κ3) is 7.85. The van der Waals surface area contributed by atoms with E-state index in [-0.39, 0.29) is 24.2 Å². The maximum atomic E-state index is 13.5. The van der Waals surface area contributed by atoms with E-state index in [1.807, 2.05) is 27.7 Å². The SMILES string of the molecule is CC(C)OC(O[SiH2]CCCCc1cc(F)c(F)c(F)c1F)OC(C)C. The zero-order chi connectivity index (χ0) is 19.0. The molecular weight excluding hydrogens is 356 g/mol. The Morgan fingerprint density at radius 2 is 1.48 bits per heavy atom. The first-order chi connectivity index (χ1) is 11.7. The fourth-order valence-electron chi connectivity index (χ4n) is 2.13. The molecule has 3 nitrogen and oxygen atoms in total. The maximum absolute atomic E-state index is 13.5. The third-order valence-corrected chi connectivity index (χ3v) is 4.59. The Balaban J connectivity index is 2.34. The van der Waals surface area contributed by atoms with E-state index in [2.05, 4.69) is 0 Å². The minimum atomic E-state index is -1.77. The van der Waals surface area contributed by atoms with Crippen LogP contribution in [0.3, 0.4) is 0 Å². The molecule has 0 atom stereocenters. The molecule has 0 aliphatic rings. The Morgan fingerprint density at radius 1 is 0.880 bits per heavy atom. The van der Waals surface area contributed by atoms with Crippen molar-refractivity contribution in [2.45, 2.75) is 71.7 Å². The van der Waals surface area contributed by atoms with Gasteiger partial charge in [-0.3, -0.25) is 0 Å². The smallest absolute Gasteiger partial charge is 0.262 e. The number of unbranched alkanes of at least 4 members (excludes halogenated alkanes) is 1. The number of hydrogen-bond donors (Lipinski definition) is 0. The van der Waals surface area contributed by atoms with Gasteiger partial charge in [0.05, 0.1) is 12.2 Å². The molecule has 25 heavy (non-hydrogen) atoms. The number of aryl methyl sites for hydroxylation is 1. The Kier molecular flexibility index (Phi) is 9.63. The molecule has 0 aliphatic carbocycles. The molecule has 0 saturated carbocycles. The van der Waals surface area contributed by atoms with Gasteiger partial charge in [0.15, 0.2) is 33.0 Å². The molecule has 0 aromatic heterocycles. The zero-order valence-corrected chi connectivity index (χ0v) is 16.5. The van der Waals surface area contributed by atoms with Crippen LogP contribution in [0, 0.1) is 23.3 Å². The lowest BCUT2D eigenvalue weighted by Crippen LogP contribution is -2.28. The summed E-state index contributed by atoms with van der Waals surface area (Å²) in [6, 6.07) is 1.50. The van der Waals surface area contributed by atoms with Gasteiger partial charge >= 0.3 is 0 Å². The average Bonchev–Trinajstić information content (AvgIpc) is 2.52. The van der Waals surface area contributed by atoms with Crippen molar-refractivity contribution in [2.75, 3.05) is 0 Å². The van der Waals surface area contributed by atoms with E-state index in [4.69, 9.17) is 13.9 Å². The highest BCUT2D eigenvalue weighted by Crippen LogP contribution is 2.20. The summed E-state index contributed by atoms with van der Waals surface area (Å²) in [7, 11) is -0.906. The molecule has 0 unspecified atom stereocenters. The fraction of sp³-hybridized carbons (Fsp3) is 0.647. The Labute approximate surface area is 148 Å². The first-order valence-corrected chi connectivity index (χ1v) is 10.0. The zero-order valence-electron chi connectivity index (χ0n) is 15.1. The van der Waals surface area contributed by atoms with E-state index in [0.717, 1.165) is 6.04 Å². The van der Waals surface area contributed by atoms with Gasteiger partial charge in [0, 0.05) is 0 Å². The van der Waals surface area contributed by atoms with E-state index >= 15 is 0 Å². The van der Waals surface area contributed by atoms with Crippen molar-refractivity contribution in [2.24, 2.45) is 0 Å². The number of halogens is 4. The molecule has 1 aromatic carbocycles. The van der Waals surface area contributed by atoms with Gasteiger partial charge in [-0.05, 0) is 58.2 Å².